The summed E-state index contributed by atoms with van der Waals surface area (Å²) in [6.07, 6.45) is 3.00. The van der Waals surface area contributed by atoms with Crippen molar-refractivity contribution in [3.63, 3.8) is 0 Å². The maximum atomic E-state index is 9.33. The molecule has 0 saturated carbocycles. The molecule has 0 aliphatic heterocycles. The van der Waals surface area contributed by atoms with Crippen LogP contribution in [0.4, 0.5) is 0 Å². The molecule has 0 aliphatic carbocycles. The molecule has 0 bridgehead atoms. The average molecular weight is 176 g/mol. The van der Waals surface area contributed by atoms with Crippen molar-refractivity contribution in [3.05, 3.63) is 0 Å². The van der Waals surface area contributed by atoms with Crippen molar-refractivity contribution in [1.82, 2.24) is 0 Å². The van der Waals surface area contributed by atoms with Crippen molar-refractivity contribution in [2.75, 3.05) is 6.61 Å². The summed E-state index contributed by atoms with van der Waals surface area (Å²) in [4.78, 5) is 0. The molecule has 0 radical (unpaired) electrons. The average Bonchev–Trinajstić information content (AvgIpc) is 2.10. The van der Waals surface area contributed by atoms with Crippen LogP contribution in [-0.4, -0.2) is 34.1 Å². The van der Waals surface area contributed by atoms with Gasteiger partial charge in [-0.05, 0) is 19.3 Å². The molecular weight excluding hydrogens is 156 g/mol. The fourth-order valence-electron chi connectivity index (χ4n) is 1.06. The first kappa shape index (κ1) is 11.9. The highest BCUT2D eigenvalue weighted by molar-refractivity contribution is 4.60. The fourth-order valence-corrected chi connectivity index (χ4v) is 1.06. The van der Waals surface area contributed by atoms with E-state index in [2.05, 4.69) is 6.92 Å². The topological polar surface area (TPSA) is 60.7 Å². The van der Waals surface area contributed by atoms with Crippen LogP contribution in [0.5, 0.6) is 0 Å². The molecule has 3 heteroatoms. The third-order valence-electron chi connectivity index (χ3n) is 1.93. The van der Waals surface area contributed by atoms with E-state index in [4.69, 9.17) is 10.2 Å². The van der Waals surface area contributed by atoms with E-state index in [0.29, 0.717) is 12.8 Å². The van der Waals surface area contributed by atoms with Crippen molar-refractivity contribution in [3.8, 4) is 0 Å². The highest BCUT2D eigenvalue weighted by Crippen LogP contribution is 2.08. The molecule has 0 unspecified atom stereocenters. The van der Waals surface area contributed by atoms with Gasteiger partial charge in [-0.25, -0.2) is 0 Å². The molecule has 0 amide bonds. The Morgan fingerprint density at radius 3 is 2.08 bits per heavy atom. The SMILES string of the molecule is CCCC[C@@H](O)CC[C@H](O)CO. The highest BCUT2D eigenvalue weighted by atomic mass is 16.3. The van der Waals surface area contributed by atoms with Crippen LogP contribution in [0, 0.1) is 0 Å². The van der Waals surface area contributed by atoms with Gasteiger partial charge < -0.3 is 15.3 Å². The summed E-state index contributed by atoms with van der Waals surface area (Å²) in [5, 5.41) is 26.8. The van der Waals surface area contributed by atoms with Crippen LogP contribution < -0.4 is 0 Å². The van der Waals surface area contributed by atoms with Gasteiger partial charge in [-0.3, -0.25) is 0 Å². The molecule has 0 aromatic heterocycles. The molecule has 2 atom stereocenters. The number of unbranched alkanes of at least 4 members (excludes halogenated alkanes) is 1. The second-order valence-electron chi connectivity index (χ2n) is 3.21. The van der Waals surface area contributed by atoms with E-state index in [9.17, 15) is 5.11 Å². The summed E-state index contributed by atoms with van der Waals surface area (Å²) in [6.45, 7) is 1.87. The molecule has 0 aromatic rings. The van der Waals surface area contributed by atoms with Crippen LogP contribution in [0.1, 0.15) is 39.0 Å². The van der Waals surface area contributed by atoms with Gasteiger partial charge in [0.1, 0.15) is 0 Å². The maximum Gasteiger partial charge on any atom is 0.0771 e. The molecule has 0 fully saturated rings. The fraction of sp³-hybridized carbons (Fsp3) is 1.00. The van der Waals surface area contributed by atoms with Gasteiger partial charge in [-0.2, -0.15) is 0 Å². The van der Waals surface area contributed by atoms with E-state index in [0.717, 1.165) is 19.3 Å². The van der Waals surface area contributed by atoms with E-state index in [1.165, 1.54) is 0 Å². The van der Waals surface area contributed by atoms with E-state index < -0.39 is 6.10 Å². The van der Waals surface area contributed by atoms with Gasteiger partial charge in [0.2, 0.25) is 0 Å². The lowest BCUT2D eigenvalue weighted by Crippen LogP contribution is -2.16. The first-order chi connectivity index (χ1) is 5.70. The van der Waals surface area contributed by atoms with Crippen molar-refractivity contribution in [2.24, 2.45) is 0 Å². The van der Waals surface area contributed by atoms with Crippen LogP contribution >= 0.6 is 0 Å². The molecule has 74 valence electrons. The molecule has 0 spiro atoms. The van der Waals surface area contributed by atoms with Crippen molar-refractivity contribution in [2.45, 2.75) is 51.2 Å². The van der Waals surface area contributed by atoms with Crippen molar-refractivity contribution < 1.29 is 15.3 Å². The summed E-state index contributed by atoms with van der Waals surface area (Å²) in [6, 6.07) is 0. The van der Waals surface area contributed by atoms with Gasteiger partial charge in [0.05, 0.1) is 18.8 Å². The van der Waals surface area contributed by atoms with Crippen LogP contribution in [0.25, 0.3) is 0 Å². The summed E-state index contributed by atoms with van der Waals surface area (Å²) in [5.74, 6) is 0. The molecule has 0 rings (SSSR count). The molecule has 0 aromatic carbocycles. The quantitative estimate of drug-likeness (QED) is 0.534. The first-order valence-corrected chi connectivity index (χ1v) is 4.67. The van der Waals surface area contributed by atoms with Crippen molar-refractivity contribution >= 4 is 0 Å². The summed E-state index contributed by atoms with van der Waals surface area (Å²) in [7, 11) is 0. The Morgan fingerprint density at radius 1 is 1.00 bits per heavy atom. The van der Waals surface area contributed by atoms with Gasteiger partial charge in [-0.1, -0.05) is 19.8 Å². The normalized spacial score (nSPS) is 16.0. The minimum absolute atomic E-state index is 0.208. The van der Waals surface area contributed by atoms with Gasteiger partial charge >= 0.3 is 0 Å². The van der Waals surface area contributed by atoms with Gasteiger partial charge in [-0.15, -0.1) is 0 Å². The lowest BCUT2D eigenvalue weighted by molar-refractivity contribution is 0.0661. The molecular formula is C9H20O3. The molecule has 3 N–H and O–H groups in total. The molecule has 3 nitrogen and oxygen atoms in total. The second-order valence-corrected chi connectivity index (χ2v) is 3.21. The highest BCUT2D eigenvalue weighted by Gasteiger charge is 2.07. The van der Waals surface area contributed by atoms with Crippen molar-refractivity contribution in [1.29, 1.82) is 0 Å². The second kappa shape index (κ2) is 7.53. The number of aliphatic hydroxyl groups excluding tert-OH is 3. The lowest BCUT2D eigenvalue weighted by Gasteiger charge is -2.11. The zero-order chi connectivity index (χ0) is 9.40. The molecule has 0 aliphatic rings. The van der Waals surface area contributed by atoms with Crippen LogP contribution in [0.2, 0.25) is 0 Å². The Labute approximate surface area is 74.0 Å². The molecule has 12 heavy (non-hydrogen) atoms. The number of hydrogen-bond acceptors (Lipinski definition) is 3. The van der Waals surface area contributed by atoms with E-state index >= 15 is 0 Å². The number of hydrogen-bond donors (Lipinski definition) is 3. The third-order valence-corrected chi connectivity index (χ3v) is 1.93. The monoisotopic (exact) mass is 176 g/mol. The standard InChI is InChI=1S/C9H20O3/c1-2-3-4-8(11)5-6-9(12)7-10/h8-12H,2-7H2,1H3/t8-,9+/m1/s1. The Kier molecular flexibility index (Phi) is 7.45. The Bertz CT molecular complexity index is 95.8. The minimum atomic E-state index is -0.665. The predicted molar refractivity (Wildman–Crippen MR) is 47.9 cm³/mol. The van der Waals surface area contributed by atoms with Gasteiger partial charge in [0.25, 0.3) is 0 Å². The number of aliphatic hydroxyl groups is 3. The number of rotatable bonds is 7. The van der Waals surface area contributed by atoms with Gasteiger partial charge in [0, 0.05) is 0 Å². The summed E-state index contributed by atoms with van der Waals surface area (Å²) >= 11 is 0. The predicted octanol–water partition coefficient (Wildman–Crippen LogP) is 0.671. The Hall–Kier alpha value is -0.120. The van der Waals surface area contributed by atoms with Crippen LogP contribution in [-0.2, 0) is 0 Å². The Balaban J connectivity index is 3.24. The Morgan fingerprint density at radius 2 is 1.58 bits per heavy atom. The lowest BCUT2D eigenvalue weighted by atomic mass is 10.1. The smallest absolute Gasteiger partial charge is 0.0771 e. The zero-order valence-electron chi connectivity index (χ0n) is 7.74. The van der Waals surface area contributed by atoms with Gasteiger partial charge in [0.15, 0.2) is 0 Å². The van der Waals surface area contributed by atoms with E-state index in [-0.39, 0.29) is 12.7 Å². The minimum Gasteiger partial charge on any atom is -0.394 e. The summed E-state index contributed by atoms with van der Waals surface area (Å²) in [5.41, 5.74) is 0. The van der Waals surface area contributed by atoms with E-state index in [1.54, 1.807) is 0 Å². The third kappa shape index (κ3) is 6.58. The molecule has 0 saturated heterocycles. The van der Waals surface area contributed by atoms with Crippen LogP contribution in [0.3, 0.4) is 0 Å². The zero-order valence-corrected chi connectivity index (χ0v) is 7.74. The summed E-state index contributed by atoms with van der Waals surface area (Å²) < 4.78 is 0. The van der Waals surface area contributed by atoms with Crippen LogP contribution in [0.15, 0.2) is 0 Å². The molecule has 0 heterocycles. The maximum absolute atomic E-state index is 9.33. The first-order valence-electron chi connectivity index (χ1n) is 4.67. The van der Waals surface area contributed by atoms with E-state index in [1.807, 2.05) is 0 Å². The largest absolute Gasteiger partial charge is 0.394 e.